The van der Waals surface area contributed by atoms with Crippen molar-refractivity contribution in [1.29, 1.82) is 0 Å². The zero-order valence-electron chi connectivity index (χ0n) is 22.1. The Bertz CT molecular complexity index is 1850. The van der Waals surface area contributed by atoms with Gasteiger partial charge in [0.15, 0.2) is 5.13 Å². The van der Waals surface area contributed by atoms with Gasteiger partial charge >= 0.3 is 5.91 Å². The molecule has 42 heavy (non-hydrogen) atoms. The number of nitro groups is 1. The molecule has 1 N–H and O–H groups in total. The molecule has 0 bridgehead atoms. The highest BCUT2D eigenvalue weighted by Gasteiger charge is 2.48. The number of Topliss-reactive ketones (excluding diaryl/α,β-unsaturated/α-hetero) is 1. The Morgan fingerprint density at radius 2 is 1.64 bits per heavy atom. The van der Waals surface area contributed by atoms with E-state index in [1.165, 1.54) is 24.3 Å². The average molecular weight is 624 g/mol. The highest BCUT2D eigenvalue weighted by Crippen LogP contribution is 2.44. The number of carbonyl (C=O) groups is 2. The summed E-state index contributed by atoms with van der Waals surface area (Å²) in [7, 11) is -4.16. The molecule has 1 aliphatic rings. The number of rotatable bonds is 7. The van der Waals surface area contributed by atoms with Crippen LogP contribution in [0.2, 0.25) is 5.02 Å². The van der Waals surface area contributed by atoms with Gasteiger partial charge in [0, 0.05) is 22.7 Å². The van der Waals surface area contributed by atoms with Crippen LogP contribution >= 0.6 is 22.9 Å². The van der Waals surface area contributed by atoms with Crippen molar-refractivity contribution >= 4 is 61.0 Å². The third-order valence-corrected chi connectivity index (χ3v) is 10.3. The second-order valence-electron chi connectivity index (χ2n) is 9.71. The van der Waals surface area contributed by atoms with Crippen molar-refractivity contribution in [3.05, 3.63) is 116 Å². The van der Waals surface area contributed by atoms with Crippen LogP contribution in [-0.4, -0.2) is 35.1 Å². The number of nitrogens with zero attached hydrogens (tertiary/aromatic N) is 3. The van der Waals surface area contributed by atoms with Crippen LogP contribution in [0.4, 0.5) is 10.8 Å². The number of carbonyl (C=O) groups excluding carboxylic acids is 2. The minimum absolute atomic E-state index is 0.0781. The summed E-state index contributed by atoms with van der Waals surface area (Å²) in [6.45, 7) is 4.04. The average Bonchev–Trinajstić information content (AvgIpc) is 3.56. The summed E-state index contributed by atoms with van der Waals surface area (Å²) in [6, 6.07) is 16.6. The molecule has 3 aromatic carbocycles. The van der Waals surface area contributed by atoms with Crippen molar-refractivity contribution in [2.45, 2.75) is 34.9 Å². The molecule has 0 radical (unpaired) electrons. The molecule has 1 saturated heterocycles. The van der Waals surface area contributed by atoms with E-state index in [0.29, 0.717) is 21.9 Å². The number of hydrogen-bond donors (Lipinski definition) is 1. The molecule has 1 aliphatic heterocycles. The number of nitro benzene ring substituents is 1. The minimum atomic E-state index is -4.16. The van der Waals surface area contributed by atoms with E-state index in [0.717, 1.165) is 40.9 Å². The molecular weight excluding hydrogens is 602 g/mol. The first-order chi connectivity index (χ1) is 19.9. The molecule has 1 atom stereocenters. The first kappa shape index (κ1) is 29.1. The van der Waals surface area contributed by atoms with Crippen LogP contribution in [0.3, 0.4) is 0 Å². The molecular formula is C29H22ClN3O7S2. The van der Waals surface area contributed by atoms with E-state index >= 15 is 0 Å². The van der Waals surface area contributed by atoms with Gasteiger partial charge in [-0.3, -0.25) is 24.6 Å². The number of anilines is 1. The molecule has 0 saturated carbocycles. The van der Waals surface area contributed by atoms with E-state index in [1.807, 2.05) is 26.0 Å². The summed E-state index contributed by atoms with van der Waals surface area (Å²) in [5.41, 5.74) is 1.32. The van der Waals surface area contributed by atoms with Crippen molar-refractivity contribution in [2.75, 3.05) is 4.90 Å². The lowest BCUT2D eigenvalue weighted by atomic mass is 9.93. The summed E-state index contributed by atoms with van der Waals surface area (Å²) in [5, 5.41) is 22.6. The van der Waals surface area contributed by atoms with Crippen LogP contribution in [0.25, 0.3) is 5.76 Å². The fourth-order valence-corrected chi connectivity index (χ4v) is 7.19. The van der Waals surface area contributed by atoms with Gasteiger partial charge in [0.25, 0.3) is 11.5 Å². The van der Waals surface area contributed by atoms with Gasteiger partial charge in [-0.05, 0) is 53.4 Å². The Hall–Kier alpha value is -4.39. The van der Waals surface area contributed by atoms with Gasteiger partial charge in [-0.25, -0.2) is 13.4 Å². The Morgan fingerprint density at radius 1 is 1.02 bits per heavy atom. The molecule has 4 aromatic rings. The second-order valence-corrected chi connectivity index (χ2v) is 13.3. The second kappa shape index (κ2) is 11.1. The smallest absolute Gasteiger partial charge is 0.301 e. The Kier molecular flexibility index (Phi) is 7.71. The van der Waals surface area contributed by atoms with Crippen molar-refractivity contribution in [3.8, 4) is 0 Å². The maximum atomic E-state index is 13.5. The molecule has 1 fully saturated rings. The van der Waals surface area contributed by atoms with Crippen LogP contribution in [0.5, 0.6) is 0 Å². The lowest BCUT2D eigenvalue weighted by molar-refractivity contribution is -0.384. The summed E-state index contributed by atoms with van der Waals surface area (Å²) in [5.74, 6) is -2.15. The maximum absolute atomic E-state index is 13.5. The number of halogens is 1. The van der Waals surface area contributed by atoms with Crippen molar-refractivity contribution in [3.63, 3.8) is 0 Å². The molecule has 10 nitrogen and oxygen atoms in total. The van der Waals surface area contributed by atoms with Gasteiger partial charge in [-0.1, -0.05) is 61.1 Å². The number of benzene rings is 3. The van der Waals surface area contributed by atoms with Crippen LogP contribution in [-0.2, 0) is 19.4 Å². The summed E-state index contributed by atoms with van der Waals surface area (Å²) < 4.78 is 26.4. The number of non-ortho nitro benzene ring substituents is 1. The van der Waals surface area contributed by atoms with E-state index in [2.05, 4.69) is 4.98 Å². The number of thiazole rings is 1. The van der Waals surface area contributed by atoms with Gasteiger partial charge in [-0.15, -0.1) is 0 Å². The molecule has 5 rings (SSSR count). The highest BCUT2D eigenvalue weighted by atomic mass is 35.5. The monoisotopic (exact) mass is 623 g/mol. The van der Waals surface area contributed by atoms with E-state index in [4.69, 9.17) is 11.6 Å². The number of hydrogen-bond acceptors (Lipinski definition) is 9. The zero-order chi connectivity index (χ0) is 30.3. The Morgan fingerprint density at radius 3 is 2.21 bits per heavy atom. The lowest BCUT2D eigenvalue weighted by Gasteiger charge is -2.23. The first-order valence-corrected chi connectivity index (χ1v) is 15.2. The highest BCUT2D eigenvalue weighted by molar-refractivity contribution is 7.93. The summed E-state index contributed by atoms with van der Waals surface area (Å²) in [4.78, 5) is 42.3. The van der Waals surface area contributed by atoms with E-state index in [-0.39, 0.29) is 37.0 Å². The quantitative estimate of drug-likeness (QED) is 0.0830. The molecule has 0 aliphatic carbocycles. The molecule has 1 aromatic heterocycles. The largest absolute Gasteiger partial charge is 0.507 e. The summed E-state index contributed by atoms with van der Waals surface area (Å²) >= 11 is 6.65. The molecule has 1 unspecified atom stereocenters. The number of aliphatic hydroxyl groups is 1. The van der Waals surface area contributed by atoms with Crippen molar-refractivity contribution in [2.24, 2.45) is 0 Å². The Balaban J connectivity index is 1.62. The molecule has 214 valence electrons. The predicted octanol–water partition coefficient (Wildman–Crippen LogP) is 6.29. The van der Waals surface area contributed by atoms with Gasteiger partial charge in [0.1, 0.15) is 9.97 Å². The number of sulfone groups is 1. The third-order valence-electron chi connectivity index (χ3n) is 6.78. The van der Waals surface area contributed by atoms with E-state index in [9.17, 15) is 33.2 Å². The molecule has 1 amide bonds. The van der Waals surface area contributed by atoms with E-state index < -0.39 is 38.3 Å². The summed E-state index contributed by atoms with van der Waals surface area (Å²) in [6.07, 6.45) is 1.06. The van der Waals surface area contributed by atoms with Crippen molar-refractivity contribution in [1.82, 2.24) is 4.98 Å². The fraction of sp³-hybridized carbons (Fsp3) is 0.138. The first-order valence-electron chi connectivity index (χ1n) is 12.5. The third kappa shape index (κ3) is 5.20. The van der Waals surface area contributed by atoms with Crippen LogP contribution in [0.15, 0.2) is 93.7 Å². The van der Waals surface area contributed by atoms with Gasteiger partial charge < -0.3 is 5.11 Å². The van der Waals surface area contributed by atoms with Crippen molar-refractivity contribution < 1.29 is 28.0 Å². The standard InChI is InChI=1S/C29H22ClN3O7S2/c1-16(2)17-3-5-18(6-4-17)25-24(26(34)19-7-9-20(30)10-8-19)27(35)28(36)32(25)29-31-15-23(41-29)42(39,40)22-13-11-21(12-14-22)33(37)38/h3-16,25,34H,1-2H3. The predicted molar refractivity (Wildman–Crippen MR) is 157 cm³/mol. The number of aromatic nitrogens is 1. The van der Waals surface area contributed by atoms with Crippen LogP contribution in [0.1, 0.15) is 42.5 Å². The SMILES string of the molecule is CC(C)c1ccc(C2C(=C(O)c3ccc(Cl)cc3)C(=O)C(=O)N2c2ncc(S(=O)(=O)c3ccc([N+](=O)[O-])cc3)s2)cc1. The minimum Gasteiger partial charge on any atom is -0.507 e. The lowest BCUT2D eigenvalue weighted by Crippen LogP contribution is -2.29. The molecule has 2 heterocycles. The van der Waals surface area contributed by atoms with Gasteiger partial charge in [0.05, 0.1) is 27.6 Å². The van der Waals surface area contributed by atoms with Gasteiger partial charge in [0.2, 0.25) is 9.84 Å². The fourth-order valence-electron chi connectivity index (χ4n) is 4.52. The van der Waals surface area contributed by atoms with Gasteiger partial charge in [-0.2, -0.15) is 0 Å². The van der Waals surface area contributed by atoms with Crippen LogP contribution in [0, 0.1) is 10.1 Å². The number of ketones is 1. The van der Waals surface area contributed by atoms with Crippen LogP contribution < -0.4 is 4.90 Å². The zero-order valence-corrected chi connectivity index (χ0v) is 24.5. The topological polar surface area (TPSA) is 148 Å². The maximum Gasteiger partial charge on any atom is 0.301 e. The molecule has 0 spiro atoms. The number of aliphatic hydroxyl groups excluding tert-OH is 1. The number of amides is 1. The molecule has 13 heteroatoms. The van der Waals surface area contributed by atoms with E-state index in [1.54, 1.807) is 12.1 Å². The Labute approximate surface area is 249 Å². The normalized spacial score (nSPS) is 16.8.